The summed E-state index contributed by atoms with van der Waals surface area (Å²) < 4.78 is 0. The molecule has 2 aliphatic rings. The van der Waals surface area contributed by atoms with E-state index >= 15 is 0 Å². The number of fused-ring (bicyclic) bond motifs is 2. The number of carbonyl (C=O) groups is 2. The van der Waals surface area contributed by atoms with E-state index in [2.05, 4.69) is 10.6 Å². The summed E-state index contributed by atoms with van der Waals surface area (Å²) in [7, 11) is 0. The number of halogens is 1. The number of hydrogen-bond acceptors (Lipinski definition) is 4. The minimum atomic E-state index is -0.729. The largest absolute Gasteiger partial charge is 0.506 e. The first-order chi connectivity index (χ1) is 12.0. The molecule has 0 amide bonds. The van der Waals surface area contributed by atoms with Crippen LogP contribution in [-0.2, 0) is 4.79 Å². The van der Waals surface area contributed by atoms with Crippen molar-refractivity contribution in [1.82, 2.24) is 10.6 Å². The van der Waals surface area contributed by atoms with E-state index in [4.69, 9.17) is 23.8 Å². The van der Waals surface area contributed by atoms with Crippen molar-refractivity contribution in [2.24, 2.45) is 0 Å². The molecule has 0 fully saturated rings. The first-order valence-corrected chi connectivity index (χ1v) is 8.25. The molecule has 1 unspecified atom stereocenters. The topological polar surface area (TPSA) is 78.4 Å². The maximum Gasteiger partial charge on any atom is 0.234 e. The molecular formula is C18H11ClN2O3S. The smallest absolute Gasteiger partial charge is 0.234 e. The SMILES string of the molecule is O=C1C(=O)c2ccccc2C2=C1C(c1cccc(O)c1Cl)NC(=S)N2. The fourth-order valence-corrected chi connectivity index (χ4v) is 3.61. The van der Waals surface area contributed by atoms with Crippen LogP contribution in [-0.4, -0.2) is 21.8 Å². The van der Waals surface area contributed by atoms with Crippen molar-refractivity contribution in [2.75, 3.05) is 0 Å². The standard InChI is InChI=1S/C18H11ClN2O3S/c19-13-10(6-3-7-11(13)22)15-12-14(20-18(25)21-15)8-4-1-2-5-9(8)16(23)17(12)24/h1-7,15,22H,(H2,20,21,25). The molecule has 4 rings (SSSR count). The number of rotatable bonds is 1. The molecule has 5 nitrogen and oxygen atoms in total. The first kappa shape index (κ1) is 15.8. The van der Waals surface area contributed by atoms with Crippen molar-refractivity contribution in [1.29, 1.82) is 0 Å². The zero-order valence-electron chi connectivity index (χ0n) is 12.7. The number of benzene rings is 2. The Morgan fingerprint density at radius 3 is 2.48 bits per heavy atom. The summed E-state index contributed by atoms with van der Waals surface area (Å²) in [5, 5.41) is 16.3. The van der Waals surface area contributed by atoms with Gasteiger partial charge in [0.2, 0.25) is 11.6 Å². The first-order valence-electron chi connectivity index (χ1n) is 7.46. The van der Waals surface area contributed by atoms with E-state index in [-0.39, 0.29) is 16.3 Å². The zero-order chi connectivity index (χ0) is 17.7. The molecule has 0 spiro atoms. The Labute approximate surface area is 153 Å². The normalized spacial score (nSPS) is 19.1. The molecule has 3 N–H and O–H groups in total. The second-order valence-corrected chi connectivity index (χ2v) is 6.49. The van der Waals surface area contributed by atoms with Crippen molar-refractivity contribution < 1.29 is 14.7 Å². The lowest BCUT2D eigenvalue weighted by Crippen LogP contribution is -2.47. The van der Waals surface area contributed by atoms with Gasteiger partial charge in [-0.15, -0.1) is 0 Å². The van der Waals surface area contributed by atoms with Gasteiger partial charge in [-0.25, -0.2) is 0 Å². The van der Waals surface area contributed by atoms with E-state index < -0.39 is 17.6 Å². The predicted molar refractivity (Wildman–Crippen MR) is 97.4 cm³/mol. The summed E-state index contributed by atoms with van der Waals surface area (Å²) >= 11 is 11.5. The number of phenols is 1. The van der Waals surface area contributed by atoms with E-state index in [1.165, 1.54) is 6.07 Å². The molecule has 0 saturated carbocycles. The van der Waals surface area contributed by atoms with E-state index in [0.717, 1.165) is 0 Å². The fourth-order valence-electron chi connectivity index (χ4n) is 3.16. The van der Waals surface area contributed by atoms with Crippen LogP contribution in [0.2, 0.25) is 5.02 Å². The average Bonchev–Trinajstić information content (AvgIpc) is 2.61. The molecular weight excluding hydrogens is 360 g/mol. The van der Waals surface area contributed by atoms with Crippen molar-refractivity contribution in [3.8, 4) is 5.75 Å². The van der Waals surface area contributed by atoms with Gasteiger partial charge in [0.05, 0.1) is 22.3 Å². The lowest BCUT2D eigenvalue weighted by molar-refractivity contribution is -0.112. The van der Waals surface area contributed by atoms with Gasteiger partial charge >= 0.3 is 0 Å². The number of ketones is 2. The number of aromatic hydroxyl groups is 1. The average molecular weight is 371 g/mol. The van der Waals surface area contributed by atoms with Gasteiger partial charge in [0.1, 0.15) is 5.75 Å². The van der Waals surface area contributed by atoms with Gasteiger partial charge < -0.3 is 15.7 Å². The molecule has 124 valence electrons. The van der Waals surface area contributed by atoms with Gasteiger partial charge in [-0.3, -0.25) is 9.59 Å². The highest BCUT2D eigenvalue weighted by molar-refractivity contribution is 7.80. The summed E-state index contributed by atoms with van der Waals surface area (Å²) in [5.41, 5.74) is 2.16. The van der Waals surface area contributed by atoms with Crippen molar-refractivity contribution >= 4 is 46.2 Å². The second kappa shape index (κ2) is 5.68. The number of nitrogens with one attached hydrogen (secondary N) is 2. The van der Waals surface area contributed by atoms with Crippen LogP contribution in [0.25, 0.3) is 5.70 Å². The van der Waals surface area contributed by atoms with Crippen LogP contribution in [0, 0.1) is 0 Å². The summed E-state index contributed by atoms with van der Waals surface area (Å²) in [4.78, 5) is 25.3. The van der Waals surface area contributed by atoms with Crippen LogP contribution in [0.4, 0.5) is 0 Å². The van der Waals surface area contributed by atoms with E-state index in [0.29, 0.717) is 27.5 Å². The van der Waals surface area contributed by atoms with Crippen molar-refractivity contribution in [3.63, 3.8) is 0 Å². The van der Waals surface area contributed by atoms with Gasteiger partial charge in [-0.05, 0) is 18.3 Å². The second-order valence-electron chi connectivity index (χ2n) is 5.70. The molecule has 0 radical (unpaired) electrons. The highest BCUT2D eigenvalue weighted by atomic mass is 35.5. The van der Waals surface area contributed by atoms with Crippen LogP contribution in [0.3, 0.4) is 0 Å². The van der Waals surface area contributed by atoms with Crippen LogP contribution < -0.4 is 10.6 Å². The van der Waals surface area contributed by atoms with E-state index in [1.54, 1.807) is 36.4 Å². The number of carbonyl (C=O) groups excluding carboxylic acids is 2. The molecule has 0 saturated heterocycles. The third-order valence-electron chi connectivity index (χ3n) is 4.28. The van der Waals surface area contributed by atoms with Crippen LogP contribution >= 0.6 is 23.8 Å². The Balaban J connectivity index is 1.99. The number of Topliss-reactive ketones (excluding diaryl/α,β-unsaturated/α-hetero) is 2. The molecule has 1 heterocycles. The fraction of sp³-hybridized carbons (Fsp3) is 0.0556. The van der Waals surface area contributed by atoms with Gasteiger partial charge in [0.15, 0.2) is 5.11 Å². The highest BCUT2D eigenvalue weighted by Crippen LogP contribution is 2.40. The van der Waals surface area contributed by atoms with Gasteiger partial charge in [-0.1, -0.05) is 48.0 Å². The number of phenolic OH excluding ortho intramolecular Hbond substituents is 1. The minimum absolute atomic E-state index is 0.107. The maximum atomic E-state index is 12.8. The monoisotopic (exact) mass is 370 g/mol. The summed E-state index contributed by atoms with van der Waals surface area (Å²) in [5.74, 6) is -1.31. The van der Waals surface area contributed by atoms with E-state index in [1.807, 2.05) is 0 Å². The van der Waals surface area contributed by atoms with Crippen molar-refractivity contribution in [2.45, 2.75) is 6.04 Å². The molecule has 1 aliphatic carbocycles. The molecule has 0 bridgehead atoms. The van der Waals surface area contributed by atoms with Gasteiger partial charge in [0.25, 0.3) is 0 Å². The Kier molecular flexibility index (Phi) is 3.59. The third-order valence-corrected chi connectivity index (χ3v) is 4.91. The van der Waals surface area contributed by atoms with Gasteiger partial charge in [-0.2, -0.15) is 0 Å². The zero-order valence-corrected chi connectivity index (χ0v) is 14.2. The quantitative estimate of drug-likeness (QED) is 0.529. The minimum Gasteiger partial charge on any atom is -0.506 e. The molecule has 1 aliphatic heterocycles. The lowest BCUT2D eigenvalue weighted by atomic mass is 9.81. The van der Waals surface area contributed by atoms with E-state index in [9.17, 15) is 14.7 Å². The molecule has 7 heteroatoms. The Hall–Kier alpha value is -2.70. The predicted octanol–water partition coefficient (Wildman–Crippen LogP) is 2.74. The number of hydrogen-bond donors (Lipinski definition) is 3. The maximum absolute atomic E-state index is 12.8. The number of thiocarbonyl (C=S) groups is 1. The Morgan fingerprint density at radius 2 is 1.72 bits per heavy atom. The third kappa shape index (κ3) is 2.33. The molecule has 25 heavy (non-hydrogen) atoms. The summed E-state index contributed by atoms with van der Waals surface area (Å²) in [6, 6.07) is 10.9. The van der Waals surface area contributed by atoms with Crippen LogP contribution in [0.5, 0.6) is 5.75 Å². The summed E-state index contributed by atoms with van der Waals surface area (Å²) in [6.07, 6.45) is 0. The molecule has 2 aromatic rings. The van der Waals surface area contributed by atoms with Crippen LogP contribution in [0.1, 0.15) is 27.5 Å². The molecule has 0 aromatic heterocycles. The molecule has 2 aromatic carbocycles. The highest BCUT2D eigenvalue weighted by Gasteiger charge is 2.40. The lowest BCUT2D eigenvalue weighted by Gasteiger charge is -2.34. The van der Waals surface area contributed by atoms with Gasteiger partial charge in [0, 0.05) is 16.7 Å². The van der Waals surface area contributed by atoms with Crippen molar-refractivity contribution in [3.05, 3.63) is 69.8 Å². The summed E-state index contributed by atoms with van der Waals surface area (Å²) in [6.45, 7) is 0. The molecule has 1 atom stereocenters. The Bertz CT molecular complexity index is 1000. The Morgan fingerprint density at radius 1 is 1.00 bits per heavy atom. The van der Waals surface area contributed by atoms with Crippen LogP contribution in [0.15, 0.2) is 48.0 Å².